The van der Waals surface area contributed by atoms with Gasteiger partial charge >= 0.3 is 6.03 Å². The van der Waals surface area contributed by atoms with Crippen LogP contribution in [0.15, 0.2) is 12.1 Å². The number of thiophene rings is 1. The summed E-state index contributed by atoms with van der Waals surface area (Å²) in [5.74, 6) is 0. The lowest BCUT2D eigenvalue weighted by Crippen LogP contribution is -2.46. The lowest BCUT2D eigenvalue weighted by Gasteiger charge is -2.30. The molecule has 0 aliphatic rings. The van der Waals surface area contributed by atoms with Gasteiger partial charge in [0.15, 0.2) is 0 Å². The number of hydrogen-bond donors (Lipinski definition) is 2. The van der Waals surface area contributed by atoms with Gasteiger partial charge < -0.3 is 15.3 Å². The second-order valence-corrected chi connectivity index (χ2v) is 8.48. The van der Waals surface area contributed by atoms with Gasteiger partial charge in [-0.25, -0.2) is 4.79 Å². The van der Waals surface area contributed by atoms with Crippen molar-refractivity contribution in [3.05, 3.63) is 21.9 Å². The Labute approximate surface area is 138 Å². The highest BCUT2D eigenvalue weighted by molar-refractivity contribution is 7.11. The Kier molecular flexibility index (Phi) is 6.88. The number of aliphatic hydroxyl groups is 1. The molecular formula is C17H30N2O2S. The van der Waals surface area contributed by atoms with Crippen molar-refractivity contribution in [2.45, 2.75) is 66.7 Å². The predicted molar refractivity (Wildman–Crippen MR) is 93.2 cm³/mol. The third kappa shape index (κ3) is 6.36. The molecule has 0 aliphatic heterocycles. The van der Waals surface area contributed by atoms with E-state index in [9.17, 15) is 9.90 Å². The van der Waals surface area contributed by atoms with Crippen LogP contribution in [0.2, 0.25) is 0 Å². The molecule has 1 rings (SSSR count). The quantitative estimate of drug-likeness (QED) is 0.801. The number of carbonyl (C=O) groups is 1. The van der Waals surface area contributed by atoms with Gasteiger partial charge in [0.1, 0.15) is 0 Å². The molecule has 0 saturated heterocycles. The zero-order valence-electron chi connectivity index (χ0n) is 14.6. The van der Waals surface area contributed by atoms with Gasteiger partial charge in [-0.05, 0) is 51.7 Å². The highest BCUT2D eigenvalue weighted by atomic mass is 32.1. The van der Waals surface area contributed by atoms with E-state index in [4.69, 9.17) is 0 Å². The predicted octanol–water partition coefficient (Wildman–Crippen LogP) is 3.77. The Bertz CT molecular complexity index is 481. The third-order valence-electron chi connectivity index (χ3n) is 3.57. The van der Waals surface area contributed by atoms with Crippen LogP contribution in [0.1, 0.15) is 50.8 Å². The number of hydrogen-bond acceptors (Lipinski definition) is 3. The van der Waals surface area contributed by atoms with Crippen LogP contribution < -0.4 is 5.32 Å². The van der Waals surface area contributed by atoms with Crippen LogP contribution in [0.25, 0.3) is 0 Å². The topological polar surface area (TPSA) is 52.6 Å². The van der Waals surface area contributed by atoms with Crippen LogP contribution in [-0.4, -0.2) is 34.7 Å². The molecular weight excluding hydrogens is 296 g/mol. The molecule has 5 heteroatoms. The van der Waals surface area contributed by atoms with E-state index < -0.39 is 0 Å². The van der Waals surface area contributed by atoms with Gasteiger partial charge in [0.25, 0.3) is 0 Å². The second-order valence-electron chi connectivity index (χ2n) is 7.11. The molecule has 4 nitrogen and oxygen atoms in total. The molecule has 0 aromatic carbocycles. The molecule has 0 radical (unpaired) electrons. The van der Waals surface area contributed by atoms with E-state index in [1.54, 1.807) is 18.3 Å². The summed E-state index contributed by atoms with van der Waals surface area (Å²) in [6.45, 7) is 13.2. The minimum atomic E-state index is -0.359. The molecule has 1 heterocycles. The first-order chi connectivity index (χ1) is 10.1. The SMILES string of the molecule is Cc1ccc(CN(C(=O)NCC(C)(C)CC(C)O)C(C)C)s1. The van der Waals surface area contributed by atoms with Crippen LogP contribution in [0.5, 0.6) is 0 Å². The van der Waals surface area contributed by atoms with Crippen molar-refractivity contribution in [3.63, 3.8) is 0 Å². The summed E-state index contributed by atoms with van der Waals surface area (Å²) < 4.78 is 0. The van der Waals surface area contributed by atoms with Gasteiger partial charge in [-0.2, -0.15) is 0 Å². The zero-order valence-corrected chi connectivity index (χ0v) is 15.5. The Morgan fingerprint density at radius 3 is 2.45 bits per heavy atom. The summed E-state index contributed by atoms with van der Waals surface area (Å²) in [7, 11) is 0. The van der Waals surface area contributed by atoms with Crippen molar-refractivity contribution in [2.24, 2.45) is 5.41 Å². The van der Waals surface area contributed by atoms with E-state index >= 15 is 0 Å². The Morgan fingerprint density at radius 2 is 2.00 bits per heavy atom. The monoisotopic (exact) mass is 326 g/mol. The van der Waals surface area contributed by atoms with Crippen LogP contribution in [0, 0.1) is 12.3 Å². The van der Waals surface area contributed by atoms with Gasteiger partial charge in [-0.15, -0.1) is 11.3 Å². The smallest absolute Gasteiger partial charge is 0.317 e. The first-order valence-corrected chi connectivity index (χ1v) is 8.70. The maximum absolute atomic E-state index is 12.5. The summed E-state index contributed by atoms with van der Waals surface area (Å²) >= 11 is 1.73. The standard InChI is InChI=1S/C17H30N2O2S/c1-12(2)19(10-15-8-7-14(4)22-15)16(21)18-11-17(5,6)9-13(3)20/h7-8,12-13,20H,9-11H2,1-6H3,(H,18,21). The van der Waals surface area contributed by atoms with Crippen molar-refractivity contribution >= 4 is 17.4 Å². The number of carbonyl (C=O) groups excluding carboxylic acids is 1. The summed E-state index contributed by atoms with van der Waals surface area (Å²) in [6.07, 6.45) is 0.307. The third-order valence-corrected chi connectivity index (χ3v) is 4.56. The molecule has 1 aromatic rings. The van der Waals surface area contributed by atoms with E-state index in [-0.39, 0.29) is 23.6 Å². The zero-order chi connectivity index (χ0) is 16.9. The summed E-state index contributed by atoms with van der Waals surface area (Å²) in [5, 5.41) is 12.5. The minimum Gasteiger partial charge on any atom is -0.393 e. The Balaban J connectivity index is 2.62. The largest absolute Gasteiger partial charge is 0.393 e. The first-order valence-electron chi connectivity index (χ1n) is 7.88. The fourth-order valence-electron chi connectivity index (χ4n) is 2.52. The van der Waals surface area contributed by atoms with Crippen molar-refractivity contribution < 1.29 is 9.90 Å². The molecule has 126 valence electrons. The number of nitrogens with one attached hydrogen (secondary N) is 1. The number of nitrogens with zero attached hydrogens (tertiary/aromatic N) is 1. The fourth-order valence-corrected chi connectivity index (χ4v) is 3.40. The highest BCUT2D eigenvalue weighted by Gasteiger charge is 2.24. The molecule has 1 aromatic heterocycles. The van der Waals surface area contributed by atoms with Crippen molar-refractivity contribution in [2.75, 3.05) is 6.54 Å². The highest BCUT2D eigenvalue weighted by Crippen LogP contribution is 2.22. The van der Waals surface area contributed by atoms with Gasteiger partial charge in [-0.3, -0.25) is 0 Å². The second kappa shape index (κ2) is 7.97. The van der Waals surface area contributed by atoms with E-state index in [2.05, 4.69) is 38.2 Å². The first kappa shape index (κ1) is 19.0. The molecule has 22 heavy (non-hydrogen) atoms. The van der Waals surface area contributed by atoms with Gasteiger partial charge in [0.2, 0.25) is 0 Å². The van der Waals surface area contributed by atoms with Crippen molar-refractivity contribution in [1.29, 1.82) is 0 Å². The number of aryl methyl sites for hydroxylation is 1. The van der Waals surface area contributed by atoms with Crippen LogP contribution in [0.4, 0.5) is 4.79 Å². The minimum absolute atomic E-state index is 0.0419. The number of amides is 2. The lowest BCUT2D eigenvalue weighted by molar-refractivity contribution is 0.125. The van der Waals surface area contributed by atoms with Crippen LogP contribution >= 0.6 is 11.3 Å². The van der Waals surface area contributed by atoms with Crippen molar-refractivity contribution in [1.82, 2.24) is 10.2 Å². The van der Waals surface area contributed by atoms with E-state index in [0.29, 0.717) is 19.5 Å². The number of aliphatic hydroxyl groups excluding tert-OH is 1. The Morgan fingerprint density at radius 1 is 1.36 bits per heavy atom. The molecule has 1 unspecified atom stereocenters. The molecule has 0 saturated carbocycles. The summed E-state index contributed by atoms with van der Waals surface area (Å²) in [5.41, 5.74) is -0.119. The maximum atomic E-state index is 12.5. The van der Waals surface area contributed by atoms with Crippen molar-refractivity contribution in [3.8, 4) is 0 Å². The van der Waals surface area contributed by atoms with Gasteiger partial charge in [0, 0.05) is 22.3 Å². The van der Waals surface area contributed by atoms with Gasteiger partial charge in [0.05, 0.1) is 12.6 Å². The normalized spacial score (nSPS) is 13.3. The molecule has 2 N–H and O–H groups in total. The van der Waals surface area contributed by atoms with E-state index in [0.717, 1.165) is 0 Å². The molecule has 0 aliphatic carbocycles. The van der Waals surface area contributed by atoms with Crippen LogP contribution in [-0.2, 0) is 6.54 Å². The van der Waals surface area contributed by atoms with E-state index in [1.165, 1.54) is 9.75 Å². The average Bonchev–Trinajstić information content (AvgIpc) is 2.77. The molecule has 0 fully saturated rings. The Hall–Kier alpha value is -1.07. The number of urea groups is 1. The number of rotatable bonds is 7. The van der Waals surface area contributed by atoms with Gasteiger partial charge in [-0.1, -0.05) is 13.8 Å². The molecule has 0 bridgehead atoms. The molecule has 0 spiro atoms. The summed E-state index contributed by atoms with van der Waals surface area (Å²) in [4.78, 5) is 16.8. The van der Waals surface area contributed by atoms with Crippen LogP contribution in [0.3, 0.4) is 0 Å². The lowest BCUT2D eigenvalue weighted by atomic mass is 9.87. The fraction of sp³-hybridized carbons (Fsp3) is 0.706. The maximum Gasteiger partial charge on any atom is 0.317 e. The summed E-state index contributed by atoms with van der Waals surface area (Å²) in [6, 6.07) is 4.27. The van der Waals surface area contributed by atoms with E-state index in [1.807, 2.05) is 18.7 Å². The average molecular weight is 327 g/mol. The molecule has 1 atom stereocenters. The molecule has 2 amide bonds.